The van der Waals surface area contributed by atoms with Gasteiger partial charge in [0.05, 0.1) is 11.8 Å². The van der Waals surface area contributed by atoms with E-state index in [0.717, 1.165) is 16.7 Å². The highest BCUT2D eigenvalue weighted by atomic mass is 16.3. The molecule has 1 amide bonds. The van der Waals surface area contributed by atoms with Crippen LogP contribution in [0, 0.1) is 16.7 Å². The molecule has 0 fully saturated rings. The van der Waals surface area contributed by atoms with Crippen molar-refractivity contribution >= 4 is 11.5 Å². The highest BCUT2D eigenvalue weighted by molar-refractivity contribution is 5.95. The number of allylic oxidation sites excluding steroid dienone is 2. The molecule has 3 rings (SSSR count). The fourth-order valence-electron chi connectivity index (χ4n) is 2.93. The van der Waals surface area contributed by atoms with E-state index in [-0.39, 0.29) is 11.7 Å². The molecule has 0 atom stereocenters. The van der Waals surface area contributed by atoms with Crippen molar-refractivity contribution in [2.45, 2.75) is 20.8 Å². The van der Waals surface area contributed by atoms with Gasteiger partial charge in [-0.2, -0.15) is 5.26 Å². The molecule has 0 aliphatic rings. The lowest BCUT2D eigenvalue weighted by atomic mass is 9.86. The number of nitriles is 1. The normalized spacial score (nSPS) is 12.1. The third kappa shape index (κ3) is 4.21. The fraction of sp³-hybridized carbons (Fsp3) is 0.167. The molecule has 1 N–H and O–H groups in total. The second-order valence-electron chi connectivity index (χ2n) is 7.49. The Morgan fingerprint density at radius 3 is 2.11 bits per heavy atom. The maximum atomic E-state index is 12.5. The molecule has 0 radical (unpaired) electrons. The average molecular weight is 370 g/mol. The van der Waals surface area contributed by atoms with Gasteiger partial charge in [0.2, 0.25) is 0 Å². The summed E-state index contributed by atoms with van der Waals surface area (Å²) in [5.41, 5.74) is 3.49. The summed E-state index contributed by atoms with van der Waals surface area (Å²) in [6.45, 7) is 5.88. The lowest BCUT2D eigenvalue weighted by molar-refractivity contribution is 0.0930. The van der Waals surface area contributed by atoms with Crippen LogP contribution < -0.4 is 5.32 Å². The number of rotatable bonds is 4. The molecule has 0 aliphatic heterocycles. The van der Waals surface area contributed by atoms with Gasteiger partial charge in [0, 0.05) is 11.1 Å². The number of benzene rings is 2. The minimum atomic E-state index is -0.439. The lowest BCUT2D eigenvalue weighted by Crippen LogP contribution is -2.31. The van der Waals surface area contributed by atoms with Gasteiger partial charge >= 0.3 is 0 Å². The number of hydrogen-bond acceptors (Lipinski definition) is 3. The summed E-state index contributed by atoms with van der Waals surface area (Å²) in [5, 5.41) is 12.7. The lowest BCUT2D eigenvalue weighted by Gasteiger charge is -2.25. The van der Waals surface area contributed by atoms with Crippen LogP contribution in [0.5, 0.6) is 0 Å². The summed E-state index contributed by atoms with van der Waals surface area (Å²) < 4.78 is 5.18. The molecule has 0 spiro atoms. The first kappa shape index (κ1) is 19.2. The van der Waals surface area contributed by atoms with Crippen LogP contribution in [0.1, 0.15) is 36.9 Å². The topological polar surface area (TPSA) is 66.0 Å². The zero-order valence-corrected chi connectivity index (χ0v) is 16.2. The summed E-state index contributed by atoms with van der Waals surface area (Å²) >= 11 is 0. The van der Waals surface area contributed by atoms with E-state index in [0.29, 0.717) is 11.3 Å². The highest BCUT2D eigenvalue weighted by Gasteiger charge is 2.25. The Morgan fingerprint density at radius 2 is 1.57 bits per heavy atom. The first-order valence-electron chi connectivity index (χ1n) is 9.05. The van der Waals surface area contributed by atoms with E-state index >= 15 is 0 Å². The number of hydrogen-bond donors (Lipinski definition) is 1. The summed E-state index contributed by atoms with van der Waals surface area (Å²) in [7, 11) is 0. The van der Waals surface area contributed by atoms with Gasteiger partial charge in [-0.15, -0.1) is 0 Å². The van der Waals surface area contributed by atoms with Crippen molar-refractivity contribution in [1.82, 2.24) is 5.32 Å². The standard InChI is InChI=1S/C24H22N2O2/c1-24(2,3)22(26-23(27)21-10-7-15-28-21)20(16-25)19-13-11-18(12-14-19)17-8-5-4-6-9-17/h4-15H,1-3H3,(H,26,27)/b22-20-. The van der Waals surface area contributed by atoms with Crippen molar-refractivity contribution < 1.29 is 9.21 Å². The van der Waals surface area contributed by atoms with E-state index in [2.05, 4.69) is 11.4 Å². The Balaban J connectivity index is 2.00. The molecule has 2 aromatic carbocycles. The van der Waals surface area contributed by atoms with E-state index < -0.39 is 5.41 Å². The molecule has 4 heteroatoms. The first-order chi connectivity index (χ1) is 13.4. The van der Waals surface area contributed by atoms with Gasteiger partial charge in [-0.25, -0.2) is 0 Å². The molecule has 1 aromatic heterocycles. The number of amides is 1. The quantitative estimate of drug-likeness (QED) is 0.603. The third-order valence-corrected chi connectivity index (χ3v) is 4.38. The van der Waals surface area contributed by atoms with Gasteiger partial charge in [-0.1, -0.05) is 75.4 Å². The van der Waals surface area contributed by atoms with Crippen molar-refractivity contribution in [1.29, 1.82) is 5.26 Å². The Morgan fingerprint density at radius 1 is 0.929 bits per heavy atom. The fourth-order valence-corrected chi connectivity index (χ4v) is 2.93. The van der Waals surface area contributed by atoms with Crippen LogP contribution in [0.15, 0.2) is 83.1 Å². The Hall–Kier alpha value is -3.58. The number of carbonyl (C=O) groups excluding carboxylic acids is 1. The van der Waals surface area contributed by atoms with Crippen LogP contribution in [0.4, 0.5) is 0 Å². The molecule has 140 valence electrons. The van der Waals surface area contributed by atoms with Gasteiger partial charge in [-0.05, 0) is 28.8 Å². The predicted octanol–water partition coefficient (Wildman–Crippen LogP) is 5.66. The predicted molar refractivity (Wildman–Crippen MR) is 110 cm³/mol. The second kappa shape index (κ2) is 7.98. The Labute approximate surface area is 165 Å². The SMILES string of the molecule is CC(C)(C)/C(NC(=O)c1ccco1)=C(\C#N)c1ccc(-c2ccccc2)cc1. The van der Waals surface area contributed by atoms with Crippen LogP contribution in [-0.2, 0) is 0 Å². The maximum Gasteiger partial charge on any atom is 0.291 e. The average Bonchev–Trinajstić information content (AvgIpc) is 3.23. The minimum absolute atomic E-state index is 0.207. The zero-order valence-electron chi connectivity index (χ0n) is 16.2. The van der Waals surface area contributed by atoms with Crippen LogP contribution in [0.25, 0.3) is 16.7 Å². The van der Waals surface area contributed by atoms with Crippen molar-refractivity contribution in [3.63, 3.8) is 0 Å². The zero-order chi connectivity index (χ0) is 20.1. The molecule has 3 aromatic rings. The number of nitrogens with one attached hydrogen (secondary N) is 1. The van der Waals surface area contributed by atoms with Crippen LogP contribution in [0.2, 0.25) is 0 Å². The molecular weight excluding hydrogens is 348 g/mol. The molecule has 0 unspecified atom stereocenters. The number of carbonyl (C=O) groups is 1. The van der Waals surface area contributed by atoms with E-state index in [1.165, 1.54) is 6.26 Å². The molecule has 4 nitrogen and oxygen atoms in total. The molecule has 0 saturated carbocycles. The molecule has 0 aliphatic carbocycles. The highest BCUT2D eigenvalue weighted by Crippen LogP contribution is 2.31. The van der Waals surface area contributed by atoms with Crippen molar-refractivity contribution in [2.75, 3.05) is 0 Å². The van der Waals surface area contributed by atoms with E-state index in [1.807, 2.05) is 75.4 Å². The molecule has 0 saturated heterocycles. The van der Waals surface area contributed by atoms with Crippen molar-refractivity contribution in [3.8, 4) is 17.2 Å². The summed E-state index contributed by atoms with van der Waals surface area (Å²) in [5.74, 6) is -0.165. The van der Waals surface area contributed by atoms with Gasteiger partial charge in [0.15, 0.2) is 5.76 Å². The van der Waals surface area contributed by atoms with Crippen LogP contribution in [0.3, 0.4) is 0 Å². The van der Waals surface area contributed by atoms with Gasteiger partial charge in [-0.3, -0.25) is 4.79 Å². The Kier molecular flexibility index (Phi) is 5.47. The van der Waals surface area contributed by atoms with E-state index in [9.17, 15) is 10.1 Å². The minimum Gasteiger partial charge on any atom is -0.459 e. The van der Waals surface area contributed by atoms with Crippen LogP contribution in [-0.4, -0.2) is 5.91 Å². The largest absolute Gasteiger partial charge is 0.459 e. The first-order valence-corrected chi connectivity index (χ1v) is 9.05. The third-order valence-electron chi connectivity index (χ3n) is 4.38. The summed E-state index contributed by atoms with van der Waals surface area (Å²) in [6, 6.07) is 23.3. The molecule has 0 bridgehead atoms. The second-order valence-corrected chi connectivity index (χ2v) is 7.49. The maximum absolute atomic E-state index is 12.5. The number of nitrogens with zero attached hydrogens (tertiary/aromatic N) is 1. The molecule has 28 heavy (non-hydrogen) atoms. The summed E-state index contributed by atoms with van der Waals surface area (Å²) in [6.07, 6.45) is 1.45. The van der Waals surface area contributed by atoms with Crippen LogP contribution >= 0.6 is 0 Å². The number of furan rings is 1. The van der Waals surface area contributed by atoms with Gasteiger partial charge in [0.25, 0.3) is 5.91 Å². The van der Waals surface area contributed by atoms with Crippen molar-refractivity contribution in [3.05, 3.63) is 90.0 Å². The van der Waals surface area contributed by atoms with E-state index in [4.69, 9.17) is 4.42 Å². The van der Waals surface area contributed by atoms with Gasteiger partial charge < -0.3 is 9.73 Å². The molecular formula is C24H22N2O2. The smallest absolute Gasteiger partial charge is 0.291 e. The Bertz CT molecular complexity index is 1020. The molecule has 1 heterocycles. The van der Waals surface area contributed by atoms with Crippen molar-refractivity contribution in [2.24, 2.45) is 5.41 Å². The monoisotopic (exact) mass is 370 g/mol. The van der Waals surface area contributed by atoms with Gasteiger partial charge in [0.1, 0.15) is 6.07 Å². The van der Waals surface area contributed by atoms with E-state index in [1.54, 1.807) is 12.1 Å². The summed E-state index contributed by atoms with van der Waals surface area (Å²) in [4.78, 5) is 12.5.